The second kappa shape index (κ2) is 10.5. The van der Waals surface area contributed by atoms with Crippen LogP contribution in [0.2, 0.25) is 0 Å². The van der Waals surface area contributed by atoms with Crippen LogP contribution >= 0.6 is 0 Å². The summed E-state index contributed by atoms with van der Waals surface area (Å²) in [6, 6.07) is 8.66. The number of benzene rings is 1. The molecule has 1 aromatic rings. The molecule has 7 heteroatoms. The molecule has 1 rings (SSSR count). The highest BCUT2D eigenvalue weighted by atomic mass is 16.5. The average Bonchev–Trinajstić information content (AvgIpc) is 2.60. The zero-order valence-electron chi connectivity index (χ0n) is 14.9. The van der Waals surface area contributed by atoms with Crippen molar-refractivity contribution in [2.24, 2.45) is 11.8 Å². The molecule has 0 bridgehead atoms. The topological polar surface area (TPSA) is 98.7 Å². The highest BCUT2D eigenvalue weighted by molar-refractivity contribution is 5.88. The Bertz CT molecular complexity index is 563. The third-order valence-electron chi connectivity index (χ3n) is 3.81. The Morgan fingerprint density at radius 2 is 1.84 bits per heavy atom. The highest BCUT2D eigenvalue weighted by Crippen LogP contribution is 2.12. The molecule has 0 spiro atoms. The third-order valence-corrected chi connectivity index (χ3v) is 3.81. The first-order valence-electron chi connectivity index (χ1n) is 8.34. The van der Waals surface area contributed by atoms with Crippen molar-refractivity contribution in [2.45, 2.75) is 32.7 Å². The van der Waals surface area contributed by atoms with Gasteiger partial charge in [0.1, 0.15) is 6.04 Å². The van der Waals surface area contributed by atoms with E-state index in [2.05, 4.69) is 10.6 Å². The molecule has 3 N–H and O–H groups in total. The molecule has 138 valence electrons. The second-order valence-corrected chi connectivity index (χ2v) is 6.42. The van der Waals surface area contributed by atoms with E-state index in [-0.39, 0.29) is 30.7 Å². The van der Waals surface area contributed by atoms with E-state index < -0.39 is 12.0 Å². The Morgan fingerprint density at radius 3 is 2.36 bits per heavy atom. The van der Waals surface area contributed by atoms with Gasteiger partial charge in [0.2, 0.25) is 18.2 Å². The van der Waals surface area contributed by atoms with Gasteiger partial charge in [-0.3, -0.25) is 19.6 Å². The number of nitrogens with one attached hydrogen (secondary N) is 2. The number of hydrogen-bond donors (Lipinski definition) is 3. The van der Waals surface area contributed by atoms with Gasteiger partial charge in [0, 0.05) is 7.05 Å². The summed E-state index contributed by atoms with van der Waals surface area (Å²) in [5.74, 6) is -1.09. The Kier molecular flexibility index (Phi) is 8.63. The van der Waals surface area contributed by atoms with Crippen molar-refractivity contribution in [3.63, 3.8) is 0 Å². The fourth-order valence-corrected chi connectivity index (χ4v) is 2.57. The third kappa shape index (κ3) is 7.34. The van der Waals surface area contributed by atoms with Crippen molar-refractivity contribution in [3.05, 3.63) is 35.9 Å². The second-order valence-electron chi connectivity index (χ2n) is 6.42. The minimum atomic E-state index is -0.670. The van der Waals surface area contributed by atoms with Crippen molar-refractivity contribution in [2.75, 3.05) is 13.6 Å². The molecule has 0 aliphatic rings. The summed E-state index contributed by atoms with van der Waals surface area (Å²) in [6.45, 7) is 3.78. The van der Waals surface area contributed by atoms with Crippen LogP contribution in [0.15, 0.2) is 30.3 Å². The SMILES string of the molecule is CNC(=O)[C@H](CC(C)C)NC(=O)[C@H](Cc1ccccc1)CN(O)C=O. The van der Waals surface area contributed by atoms with Crippen LogP contribution in [0.4, 0.5) is 0 Å². The van der Waals surface area contributed by atoms with E-state index in [4.69, 9.17) is 0 Å². The number of rotatable bonds is 10. The monoisotopic (exact) mass is 349 g/mol. The lowest BCUT2D eigenvalue weighted by Crippen LogP contribution is -2.50. The predicted octanol–water partition coefficient (Wildman–Crippen LogP) is 0.970. The molecule has 0 saturated heterocycles. The van der Waals surface area contributed by atoms with Gasteiger partial charge in [0.25, 0.3) is 0 Å². The first-order valence-corrected chi connectivity index (χ1v) is 8.34. The molecule has 0 aromatic heterocycles. The van der Waals surface area contributed by atoms with Gasteiger partial charge in [0.15, 0.2) is 0 Å². The fourth-order valence-electron chi connectivity index (χ4n) is 2.57. The van der Waals surface area contributed by atoms with Gasteiger partial charge in [-0.15, -0.1) is 0 Å². The summed E-state index contributed by atoms with van der Waals surface area (Å²) in [5.41, 5.74) is 0.905. The van der Waals surface area contributed by atoms with Crippen LogP contribution in [0.1, 0.15) is 25.8 Å². The fraction of sp³-hybridized carbons (Fsp3) is 0.500. The van der Waals surface area contributed by atoms with E-state index in [0.29, 0.717) is 17.9 Å². The van der Waals surface area contributed by atoms with Crippen LogP contribution in [0.5, 0.6) is 0 Å². The number of carbonyl (C=O) groups excluding carboxylic acids is 3. The van der Waals surface area contributed by atoms with Crippen LogP contribution < -0.4 is 10.6 Å². The van der Waals surface area contributed by atoms with Crippen molar-refractivity contribution >= 4 is 18.2 Å². The lowest BCUT2D eigenvalue weighted by molar-refractivity contribution is -0.154. The first kappa shape index (κ1) is 20.6. The van der Waals surface area contributed by atoms with Crippen LogP contribution in [0.3, 0.4) is 0 Å². The lowest BCUT2D eigenvalue weighted by Gasteiger charge is -2.24. The van der Waals surface area contributed by atoms with Crippen LogP contribution in [0.25, 0.3) is 0 Å². The summed E-state index contributed by atoms with van der Waals surface area (Å²) in [4.78, 5) is 35.4. The molecular formula is C18H27N3O4. The predicted molar refractivity (Wildman–Crippen MR) is 93.6 cm³/mol. The van der Waals surface area contributed by atoms with Crippen molar-refractivity contribution in [1.82, 2.24) is 15.7 Å². The molecule has 0 aliphatic carbocycles. The minimum Gasteiger partial charge on any atom is -0.357 e. The van der Waals surface area contributed by atoms with E-state index in [1.54, 1.807) is 0 Å². The molecule has 2 atom stereocenters. The van der Waals surface area contributed by atoms with Crippen LogP contribution in [-0.2, 0) is 20.8 Å². The molecule has 0 radical (unpaired) electrons. The number of likely N-dealkylation sites (N-methyl/N-ethyl adjacent to an activating group) is 1. The van der Waals surface area contributed by atoms with Crippen molar-refractivity contribution in [3.8, 4) is 0 Å². The number of hydroxylamine groups is 2. The molecular weight excluding hydrogens is 322 g/mol. The summed E-state index contributed by atoms with van der Waals surface area (Å²) in [5, 5.41) is 15.2. The van der Waals surface area contributed by atoms with Gasteiger partial charge < -0.3 is 10.6 Å². The van der Waals surface area contributed by atoms with Crippen LogP contribution in [0, 0.1) is 11.8 Å². The van der Waals surface area contributed by atoms with E-state index in [1.165, 1.54) is 7.05 Å². The summed E-state index contributed by atoms with van der Waals surface area (Å²) in [6.07, 6.45) is 1.11. The molecule has 0 fully saturated rings. The molecule has 3 amide bonds. The maximum Gasteiger partial charge on any atom is 0.242 e. The number of carbonyl (C=O) groups is 3. The molecule has 7 nitrogen and oxygen atoms in total. The van der Waals surface area contributed by atoms with E-state index in [0.717, 1.165) is 5.56 Å². The van der Waals surface area contributed by atoms with E-state index in [9.17, 15) is 19.6 Å². The van der Waals surface area contributed by atoms with Gasteiger partial charge in [-0.1, -0.05) is 44.2 Å². The summed E-state index contributed by atoms with van der Waals surface area (Å²) >= 11 is 0. The molecule has 0 heterocycles. The first-order chi connectivity index (χ1) is 11.9. The summed E-state index contributed by atoms with van der Waals surface area (Å²) in [7, 11) is 1.52. The van der Waals surface area contributed by atoms with Gasteiger partial charge in [0.05, 0.1) is 12.5 Å². The molecule has 25 heavy (non-hydrogen) atoms. The Labute approximate surface area is 148 Å². The molecule has 0 aliphatic heterocycles. The Hall–Kier alpha value is -2.41. The largest absolute Gasteiger partial charge is 0.357 e. The van der Waals surface area contributed by atoms with Gasteiger partial charge in [-0.25, -0.2) is 5.06 Å². The van der Waals surface area contributed by atoms with E-state index >= 15 is 0 Å². The maximum atomic E-state index is 12.7. The highest BCUT2D eigenvalue weighted by Gasteiger charge is 2.27. The van der Waals surface area contributed by atoms with Gasteiger partial charge >= 0.3 is 0 Å². The minimum absolute atomic E-state index is 0.146. The maximum absolute atomic E-state index is 12.7. The Morgan fingerprint density at radius 1 is 1.20 bits per heavy atom. The molecule has 1 aromatic carbocycles. The van der Waals surface area contributed by atoms with Crippen LogP contribution in [-0.4, -0.2) is 48.1 Å². The number of nitrogens with zero attached hydrogens (tertiary/aromatic N) is 1. The number of amides is 3. The standard InChI is InChI=1S/C18H27N3O4/c1-13(2)9-16(18(24)19-3)20-17(23)15(11-21(25)12-22)10-14-7-5-4-6-8-14/h4-8,12-13,15-16,25H,9-11H2,1-3H3,(H,19,24)(H,20,23)/t15-,16+/m1/s1. The Balaban J connectivity index is 2.88. The number of hydrogen-bond acceptors (Lipinski definition) is 4. The summed E-state index contributed by atoms with van der Waals surface area (Å²) < 4.78 is 0. The smallest absolute Gasteiger partial charge is 0.242 e. The van der Waals surface area contributed by atoms with E-state index in [1.807, 2.05) is 44.2 Å². The van der Waals surface area contributed by atoms with Gasteiger partial charge in [-0.05, 0) is 24.3 Å². The van der Waals surface area contributed by atoms with Gasteiger partial charge in [-0.2, -0.15) is 0 Å². The molecule has 0 saturated carbocycles. The lowest BCUT2D eigenvalue weighted by atomic mass is 9.96. The zero-order chi connectivity index (χ0) is 18.8. The van der Waals surface area contributed by atoms with Crippen molar-refractivity contribution in [1.29, 1.82) is 0 Å². The average molecular weight is 349 g/mol. The normalized spacial score (nSPS) is 13.0. The quantitative estimate of drug-likeness (QED) is 0.333. The zero-order valence-corrected chi connectivity index (χ0v) is 14.9. The van der Waals surface area contributed by atoms with Crippen molar-refractivity contribution < 1.29 is 19.6 Å². The molecule has 0 unspecified atom stereocenters.